The zero-order valence-electron chi connectivity index (χ0n) is 39.5. The van der Waals surface area contributed by atoms with Crippen molar-refractivity contribution in [3.05, 3.63) is 99.7 Å². The monoisotopic (exact) mass is 983 g/mol. The van der Waals surface area contributed by atoms with Crippen LogP contribution in [0, 0.1) is 21.4 Å². The lowest BCUT2D eigenvalue weighted by molar-refractivity contribution is -0.384. The first-order valence-corrected chi connectivity index (χ1v) is 25.8. The number of aromatic amines is 1. The van der Waals surface area contributed by atoms with Gasteiger partial charge in [-0.3, -0.25) is 19.8 Å². The van der Waals surface area contributed by atoms with Gasteiger partial charge in [0.05, 0.1) is 27.0 Å². The Hall–Kier alpha value is -6.05. The molecular weight excluding hydrogens is 925 g/mol. The highest BCUT2D eigenvalue weighted by Gasteiger charge is 2.50. The molecule has 70 heavy (non-hydrogen) atoms. The average Bonchev–Trinajstić information content (AvgIpc) is 4.00. The fourth-order valence-corrected chi connectivity index (χ4v) is 12.7. The fourth-order valence-electron chi connectivity index (χ4n) is 11.7. The number of nitrogens with one attached hydrogen (secondary N) is 3. The molecule has 2 aromatic heterocycles. The van der Waals surface area contributed by atoms with Gasteiger partial charge in [0.15, 0.2) is 17.2 Å². The largest absolute Gasteiger partial charge is 0.489 e. The minimum atomic E-state index is -4.80. The second kappa shape index (κ2) is 18.6. The number of benzene rings is 3. The Morgan fingerprint density at radius 1 is 1.00 bits per heavy atom. The van der Waals surface area contributed by atoms with Crippen LogP contribution in [0.2, 0.25) is 0 Å². The van der Waals surface area contributed by atoms with E-state index >= 15 is 0 Å². The maximum absolute atomic E-state index is 14.2. The summed E-state index contributed by atoms with van der Waals surface area (Å²) in [6, 6.07) is 19.2. The van der Waals surface area contributed by atoms with Crippen molar-refractivity contribution in [2.45, 2.75) is 126 Å². The van der Waals surface area contributed by atoms with Gasteiger partial charge in [0.2, 0.25) is 0 Å². The molecule has 3 aromatic carbocycles. The molecule has 4 fully saturated rings. The number of sulfonamides is 1. The zero-order chi connectivity index (χ0) is 49.1. The van der Waals surface area contributed by atoms with E-state index in [1.165, 1.54) is 29.7 Å². The molecule has 2 atom stereocenters. The Bertz CT molecular complexity index is 2900. The lowest BCUT2D eigenvalue weighted by Gasteiger charge is -2.56. The highest BCUT2D eigenvalue weighted by atomic mass is 32.2. The molecule has 1 amide bonds. The molecule has 0 bridgehead atoms. The number of piperidine rings is 1. The lowest BCUT2D eigenvalue weighted by atomic mass is 9.59. The minimum Gasteiger partial charge on any atom is -0.489 e. The molecule has 10 rings (SSSR count). The Balaban J connectivity index is 0.888. The van der Waals surface area contributed by atoms with Crippen LogP contribution in [0.1, 0.15) is 118 Å². The molecule has 5 aromatic rings. The number of ether oxygens (including phenoxy) is 3. The zero-order valence-corrected chi connectivity index (χ0v) is 40.3. The third-order valence-electron chi connectivity index (χ3n) is 15.6. The standard InChI is InChI=1S/C51H59F2N7O9S/c1-30(2)36-7-4-5-8-37(36)40-9-6-20-59(40)34-27-51(28-34)17-21-58(22-18-51)33-10-11-38(42(24-33)68-44-23-32-14-19-54-46(32)56-48(44)69-49(52)53)47(61)57-70(65,66)35-25-41(60(63)64)45-43(26-35)67-29-39(55-45)31-12-15-50(3,62)16-13-31/h4-5,7-8,10-11,14,19,23-26,30-31,34,39-40,49,55,62H,6,9,12-13,15-18,20-22,27-29H2,1-3H3,(H,54,56)(H,57,61)/t31-,39-,40+,50-/m1/s1. The number of nitro groups is 1. The maximum atomic E-state index is 14.2. The van der Waals surface area contributed by atoms with Crippen molar-refractivity contribution in [1.82, 2.24) is 19.6 Å². The summed E-state index contributed by atoms with van der Waals surface area (Å²) in [5, 5.41) is 26.6. The van der Waals surface area contributed by atoms with E-state index in [4.69, 9.17) is 14.2 Å². The molecule has 2 saturated heterocycles. The quantitative estimate of drug-likeness (QED) is 0.0642. The predicted octanol–water partition coefficient (Wildman–Crippen LogP) is 9.81. The molecule has 4 N–H and O–H groups in total. The normalized spacial score (nSPS) is 23.7. The summed E-state index contributed by atoms with van der Waals surface area (Å²) < 4.78 is 74.6. The number of hydrogen-bond donors (Lipinski definition) is 4. The number of halogens is 2. The number of carbonyl (C=O) groups excluding carboxylic acids is 1. The number of alkyl halides is 2. The third kappa shape index (κ3) is 9.46. The molecular formula is C51H59F2N7O9S. The Morgan fingerprint density at radius 2 is 1.76 bits per heavy atom. The molecule has 2 saturated carbocycles. The number of nitro benzene ring substituents is 1. The van der Waals surface area contributed by atoms with E-state index in [9.17, 15) is 37.2 Å². The summed E-state index contributed by atoms with van der Waals surface area (Å²) in [4.78, 5) is 37.3. The summed E-state index contributed by atoms with van der Waals surface area (Å²) in [7, 11) is -4.80. The number of aromatic nitrogens is 2. The van der Waals surface area contributed by atoms with Gasteiger partial charge in [-0.25, -0.2) is 13.1 Å². The van der Waals surface area contributed by atoms with Crippen molar-refractivity contribution in [1.29, 1.82) is 0 Å². The van der Waals surface area contributed by atoms with Crippen LogP contribution in [-0.4, -0.2) is 89.8 Å². The number of rotatable bonds is 13. The van der Waals surface area contributed by atoms with E-state index in [2.05, 4.69) is 63.2 Å². The summed E-state index contributed by atoms with van der Waals surface area (Å²) in [6.45, 7) is 5.64. The van der Waals surface area contributed by atoms with Gasteiger partial charge in [0.1, 0.15) is 18.0 Å². The smallest absolute Gasteiger partial charge is 0.388 e. The summed E-state index contributed by atoms with van der Waals surface area (Å²) in [5.41, 5.74) is 2.41. The van der Waals surface area contributed by atoms with E-state index in [1.807, 2.05) is 4.72 Å². The van der Waals surface area contributed by atoms with Gasteiger partial charge in [-0.1, -0.05) is 38.1 Å². The number of likely N-dealkylation sites (tertiary alicyclic amines) is 1. The van der Waals surface area contributed by atoms with Gasteiger partial charge in [-0.2, -0.15) is 13.8 Å². The SMILES string of the molecule is CC(C)c1ccccc1[C@@H]1CCCN1C1CC2(CCN(c3ccc(C(=O)NS(=O)(=O)c4cc5c(c([N+](=O)[O-])c4)N[C@@H]([C@H]4CC[C@](C)(O)CC4)CO5)c(Oc4cc5cc[nH]c5nc4OC(F)F)c3)CC2)C1. The van der Waals surface area contributed by atoms with Crippen LogP contribution < -0.4 is 29.1 Å². The van der Waals surface area contributed by atoms with Crippen LogP contribution in [-0.2, 0) is 10.0 Å². The second-order valence-corrected chi connectivity index (χ2v) is 22.2. The number of aliphatic hydroxyl groups is 1. The second-order valence-electron chi connectivity index (χ2n) is 20.5. The molecule has 0 unspecified atom stereocenters. The van der Waals surface area contributed by atoms with Gasteiger partial charge in [0.25, 0.3) is 27.5 Å². The van der Waals surface area contributed by atoms with Crippen molar-refractivity contribution in [3.8, 4) is 23.1 Å². The van der Waals surface area contributed by atoms with Crippen molar-refractivity contribution >= 4 is 44.0 Å². The van der Waals surface area contributed by atoms with Crippen molar-refractivity contribution < 1.29 is 46.2 Å². The number of H-pyrrole nitrogens is 1. The van der Waals surface area contributed by atoms with E-state index in [0.717, 1.165) is 50.8 Å². The molecule has 0 radical (unpaired) electrons. The summed E-state index contributed by atoms with van der Waals surface area (Å²) in [6.07, 6.45) is 10.5. The number of hydrogen-bond acceptors (Lipinski definition) is 13. The first-order chi connectivity index (χ1) is 33.4. The number of nitrogens with zero attached hydrogens (tertiary/aromatic N) is 4. The fraction of sp³-hybridized carbons (Fsp3) is 0.490. The minimum absolute atomic E-state index is 0.0224. The number of pyridine rings is 1. The number of carbonyl (C=O) groups is 1. The maximum Gasteiger partial charge on any atom is 0.388 e. The summed E-state index contributed by atoms with van der Waals surface area (Å²) >= 11 is 0. The highest BCUT2D eigenvalue weighted by molar-refractivity contribution is 7.90. The van der Waals surface area contributed by atoms with Crippen LogP contribution in [0.4, 0.5) is 25.8 Å². The van der Waals surface area contributed by atoms with E-state index < -0.39 is 49.5 Å². The Kier molecular flexibility index (Phi) is 12.7. The molecule has 2 aliphatic carbocycles. The topological polar surface area (TPSA) is 201 Å². The first-order valence-electron chi connectivity index (χ1n) is 24.3. The first kappa shape index (κ1) is 47.6. The van der Waals surface area contributed by atoms with Crippen LogP contribution in [0.25, 0.3) is 11.0 Å². The number of fused-ring (bicyclic) bond motifs is 2. The van der Waals surface area contributed by atoms with Gasteiger partial charge in [-0.05, 0) is 130 Å². The Morgan fingerprint density at radius 3 is 2.49 bits per heavy atom. The molecule has 5 aliphatic rings. The van der Waals surface area contributed by atoms with Crippen molar-refractivity contribution in [3.63, 3.8) is 0 Å². The molecule has 1 spiro atoms. The average molecular weight is 984 g/mol. The predicted molar refractivity (Wildman–Crippen MR) is 259 cm³/mol. The lowest BCUT2D eigenvalue weighted by Crippen LogP contribution is -2.54. The van der Waals surface area contributed by atoms with Crippen LogP contribution in [0.3, 0.4) is 0 Å². The Labute approximate surface area is 405 Å². The summed E-state index contributed by atoms with van der Waals surface area (Å²) in [5.74, 6) is -1.67. The van der Waals surface area contributed by atoms with Crippen molar-refractivity contribution in [2.24, 2.45) is 11.3 Å². The third-order valence-corrected chi connectivity index (χ3v) is 16.9. The van der Waals surface area contributed by atoms with E-state index in [-0.39, 0.29) is 58.1 Å². The molecule has 19 heteroatoms. The number of amides is 1. The van der Waals surface area contributed by atoms with Gasteiger partial charge >= 0.3 is 6.61 Å². The van der Waals surface area contributed by atoms with Gasteiger partial charge < -0.3 is 34.5 Å². The highest BCUT2D eigenvalue weighted by Crippen LogP contribution is 2.54. The van der Waals surface area contributed by atoms with Crippen molar-refractivity contribution in [2.75, 3.05) is 36.5 Å². The molecule has 372 valence electrons. The van der Waals surface area contributed by atoms with Crippen LogP contribution in [0.15, 0.2) is 77.8 Å². The van der Waals surface area contributed by atoms with Gasteiger partial charge in [0, 0.05) is 60.6 Å². The number of anilines is 2. The van der Waals surface area contributed by atoms with E-state index in [1.54, 1.807) is 31.3 Å². The molecule has 16 nitrogen and oxygen atoms in total. The molecule has 3 aliphatic heterocycles. The van der Waals surface area contributed by atoms with Crippen LogP contribution >= 0.6 is 0 Å². The van der Waals surface area contributed by atoms with Crippen LogP contribution in [0.5, 0.6) is 23.1 Å². The molecule has 5 heterocycles. The van der Waals surface area contributed by atoms with E-state index in [0.29, 0.717) is 67.8 Å². The van der Waals surface area contributed by atoms with Gasteiger partial charge in [-0.15, -0.1) is 0 Å².